The number of carboxylic acid groups (broad SMARTS) is 1. The van der Waals surface area contributed by atoms with Crippen LogP contribution in [0, 0.1) is 21.8 Å². The molecule has 0 bridgehead atoms. The molecule has 0 aliphatic rings. The van der Waals surface area contributed by atoms with Gasteiger partial charge in [0.2, 0.25) is 0 Å². The quantitative estimate of drug-likeness (QED) is 0.213. The number of carbonyl (C=O) groups is 2. The Hall–Kier alpha value is -3.84. The van der Waals surface area contributed by atoms with E-state index in [-0.39, 0.29) is 17.7 Å². The molecule has 0 aliphatic heterocycles. The average Bonchev–Trinajstić information content (AvgIpc) is 2.83. The van der Waals surface area contributed by atoms with Crippen LogP contribution in [0.1, 0.15) is 27.0 Å². The summed E-state index contributed by atoms with van der Waals surface area (Å²) in [5, 5.41) is 21.3. The number of rotatable bonds is 8. The first kappa shape index (κ1) is 24.8. The summed E-state index contributed by atoms with van der Waals surface area (Å²) < 4.78 is 12.1. The van der Waals surface area contributed by atoms with Gasteiger partial charge in [-0.1, -0.05) is 30.3 Å². The second-order valence-electron chi connectivity index (χ2n) is 7.26. The monoisotopic (exact) mass is 568 g/mol. The number of nitrogens with one attached hydrogen (secondary N) is 1. The van der Waals surface area contributed by atoms with Gasteiger partial charge < -0.3 is 19.9 Å². The number of methoxy groups -OCH3 is 1. The number of nitrogens with zero attached hydrogens (tertiary/aromatic N) is 1. The van der Waals surface area contributed by atoms with Crippen LogP contribution in [0.25, 0.3) is 6.08 Å². The van der Waals surface area contributed by atoms with E-state index < -0.39 is 11.9 Å². The topological polar surface area (TPSA) is 109 Å². The van der Waals surface area contributed by atoms with Gasteiger partial charge in [0.15, 0.2) is 11.5 Å². The number of aryl methyl sites for hydroxylation is 1. The van der Waals surface area contributed by atoms with E-state index in [0.29, 0.717) is 22.7 Å². The summed E-state index contributed by atoms with van der Waals surface area (Å²) in [4.78, 5) is 23.6. The second kappa shape index (κ2) is 11.3. The minimum Gasteiger partial charge on any atom is -0.493 e. The Morgan fingerprint density at radius 2 is 1.85 bits per heavy atom. The van der Waals surface area contributed by atoms with Gasteiger partial charge in [-0.15, -0.1) is 0 Å². The summed E-state index contributed by atoms with van der Waals surface area (Å²) in [5.41, 5.74) is 3.09. The number of anilines is 1. The Kier molecular flexibility index (Phi) is 8.27. The maximum Gasteiger partial charge on any atom is 0.335 e. The molecule has 0 spiro atoms. The van der Waals surface area contributed by atoms with Crippen molar-refractivity contribution < 1.29 is 24.2 Å². The number of para-hydroxylation sites is 1. The molecule has 1 amide bonds. The van der Waals surface area contributed by atoms with Crippen LogP contribution in [0.4, 0.5) is 5.69 Å². The predicted molar refractivity (Wildman–Crippen MR) is 137 cm³/mol. The van der Waals surface area contributed by atoms with E-state index in [0.717, 1.165) is 14.7 Å². The maximum absolute atomic E-state index is 12.6. The molecule has 0 unspecified atom stereocenters. The predicted octanol–water partition coefficient (Wildman–Crippen LogP) is 5.43. The molecular formula is C26H21IN2O5. The van der Waals surface area contributed by atoms with E-state index in [1.807, 2.05) is 31.2 Å². The van der Waals surface area contributed by atoms with Crippen molar-refractivity contribution in [3.8, 4) is 17.6 Å². The van der Waals surface area contributed by atoms with Crippen molar-refractivity contribution in [2.24, 2.45) is 0 Å². The van der Waals surface area contributed by atoms with Crippen molar-refractivity contribution in [2.75, 3.05) is 12.4 Å². The number of amides is 1. The molecule has 172 valence electrons. The van der Waals surface area contributed by atoms with Crippen LogP contribution in [0.2, 0.25) is 0 Å². The van der Waals surface area contributed by atoms with Crippen LogP contribution >= 0.6 is 22.6 Å². The standard InChI is InChI=1S/C26H21IN2O5/c1-16-5-3-4-6-22(16)29-25(30)20(14-28)11-18-12-21(27)24(23(13-18)33-2)34-15-17-7-9-19(10-8-17)26(31)32/h3-13H,15H2,1-2H3,(H,29,30)(H,31,32)/b20-11-. The highest BCUT2D eigenvalue weighted by Crippen LogP contribution is 2.35. The summed E-state index contributed by atoms with van der Waals surface area (Å²) in [6.07, 6.45) is 1.49. The first-order chi connectivity index (χ1) is 16.3. The third-order valence-electron chi connectivity index (χ3n) is 4.91. The molecule has 0 radical (unpaired) electrons. The number of aromatic carboxylic acids is 1. The second-order valence-corrected chi connectivity index (χ2v) is 8.43. The van der Waals surface area contributed by atoms with Gasteiger partial charge in [0.1, 0.15) is 18.2 Å². The van der Waals surface area contributed by atoms with Crippen LogP contribution < -0.4 is 14.8 Å². The van der Waals surface area contributed by atoms with Gasteiger partial charge in [0.25, 0.3) is 5.91 Å². The van der Waals surface area contributed by atoms with Crippen molar-refractivity contribution in [1.29, 1.82) is 5.26 Å². The lowest BCUT2D eigenvalue weighted by Crippen LogP contribution is -2.14. The molecule has 0 fully saturated rings. The SMILES string of the molecule is COc1cc(/C=C(/C#N)C(=O)Nc2ccccc2C)cc(I)c1OCc1ccc(C(=O)O)cc1. The molecule has 3 aromatic carbocycles. The number of carbonyl (C=O) groups excluding carboxylic acids is 1. The number of nitriles is 1. The Bertz CT molecular complexity index is 1290. The van der Waals surface area contributed by atoms with Gasteiger partial charge in [-0.05, 0) is 82.6 Å². The Labute approximate surface area is 210 Å². The van der Waals surface area contributed by atoms with Crippen molar-refractivity contribution in [1.82, 2.24) is 0 Å². The lowest BCUT2D eigenvalue weighted by Gasteiger charge is -2.14. The molecule has 0 aromatic heterocycles. The molecule has 0 heterocycles. The number of benzene rings is 3. The molecule has 0 saturated carbocycles. The Morgan fingerprint density at radius 3 is 2.47 bits per heavy atom. The first-order valence-electron chi connectivity index (χ1n) is 10.1. The molecule has 7 nitrogen and oxygen atoms in total. The summed E-state index contributed by atoms with van der Waals surface area (Å²) in [7, 11) is 1.50. The molecule has 0 atom stereocenters. The molecular weight excluding hydrogens is 547 g/mol. The van der Waals surface area contributed by atoms with Crippen molar-refractivity contribution >= 4 is 46.2 Å². The molecule has 2 N–H and O–H groups in total. The van der Waals surface area contributed by atoms with Crippen LogP contribution in [-0.4, -0.2) is 24.1 Å². The third kappa shape index (κ3) is 6.14. The van der Waals surface area contributed by atoms with E-state index >= 15 is 0 Å². The molecule has 8 heteroatoms. The molecule has 34 heavy (non-hydrogen) atoms. The summed E-state index contributed by atoms with van der Waals surface area (Å²) in [5.74, 6) is -0.546. The van der Waals surface area contributed by atoms with Crippen LogP contribution in [0.15, 0.2) is 66.2 Å². The van der Waals surface area contributed by atoms with Gasteiger partial charge in [0.05, 0.1) is 16.2 Å². The van der Waals surface area contributed by atoms with Crippen molar-refractivity contribution in [3.05, 3.63) is 92.1 Å². The van der Waals surface area contributed by atoms with Gasteiger partial charge in [0, 0.05) is 5.69 Å². The summed E-state index contributed by atoms with van der Waals surface area (Å²) in [6, 6.07) is 19.2. The number of hydrogen-bond acceptors (Lipinski definition) is 5. The van der Waals surface area contributed by atoms with E-state index in [4.69, 9.17) is 14.6 Å². The van der Waals surface area contributed by atoms with Crippen molar-refractivity contribution in [3.63, 3.8) is 0 Å². The summed E-state index contributed by atoms with van der Waals surface area (Å²) >= 11 is 2.10. The lowest BCUT2D eigenvalue weighted by atomic mass is 10.1. The smallest absolute Gasteiger partial charge is 0.335 e. The molecule has 0 aliphatic carbocycles. The first-order valence-corrected chi connectivity index (χ1v) is 11.2. The molecule has 0 saturated heterocycles. The molecule has 3 aromatic rings. The van der Waals surface area contributed by atoms with Gasteiger partial charge in [-0.2, -0.15) is 5.26 Å². The number of ether oxygens (including phenoxy) is 2. The van der Waals surface area contributed by atoms with Crippen LogP contribution in [-0.2, 0) is 11.4 Å². The fraction of sp³-hybridized carbons (Fsp3) is 0.115. The van der Waals surface area contributed by atoms with Crippen LogP contribution in [0.5, 0.6) is 11.5 Å². The van der Waals surface area contributed by atoms with Gasteiger partial charge >= 0.3 is 5.97 Å². The average molecular weight is 568 g/mol. The Balaban J connectivity index is 1.80. The van der Waals surface area contributed by atoms with E-state index in [1.54, 1.807) is 30.3 Å². The zero-order valence-corrected chi connectivity index (χ0v) is 20.6. The van der Waals surface area contributed by atoms with Crippen LogP contribution in [0.3, 0.4) is 0 Å². The minimum atomic E-state index is -0.989. The highest BCUT2D eigenvalue weighted by Gasteiger charge is 2.15. The number of carboxylic acids is 1. The third-order valence-corrected chi connectivity index (χ3v) is 5.71. The largest absolute Gasteiger partial charge is 0.493 e. The fourth-order valence-corrected chi connectivity index (χ4v) is 3.86. The van der Waals surface area contributed by atoms with E-state index in [9.17, 15) is 14.9 Å². The molecule has 3 rings (SSSR count). The van der Waals surface area contributed by atoms with E-state index in [1.165, 1.54) is 25.3 Å². The maximum atomic E-state index is 12.6. The van der Waals surface area contributed by atoms with Gasteiger partial charge in [-0.25, -0.2) is 4.79 Å². The highest BCUT2D eigenvalue weighted by atomic mass is 127. The van der Waals surface area contributed by atoms with Crippen molar-refractivity contribution in [2.45, 2.75) is 13.5 Å². The lowest BCUT2D eigenvalue weighted by molar-refractivity contribution is -0.112. The normalized spacial score (nSPS) is 10.8. The van der Waals surface area contributed by atoms with Gasteiger partial charge in [-0.3, -0.25) is 4.79 Å². The fourth-order valence-electron chi connectivity index (χ4n) is 3.08. The number of halogens is 1. The highest BCUT2D eigenvalue weighted by molar-refractivity contribution is 14.1. The Morgan fingerprint density at radius 1 is 1.15 bits per heavy atom. The number of hydrogen-bond donors (Lipinski definition) is 2. The zero-order chi connectivity index (χ0) is 24.7. The summed E-state index contributed by atoms with van der Waals surface area (Å²) in [6.45, 7) is 2.08. The zero-order valence-electron chi connectivity index (χ0n) is 18.5. The minimum absolute atomic E-state index is 0.0479. The van der Waals surface area contributed by atoms with E-state index in [2.05, 4.69) is 27.9 Å².